The normalized spacial score (nSPS) is 14.5. The first-order chi connectivity index (χ1) is 41.9. The van der Waals surface area contributed by atoms with Crippen molar-refractivity contribution >= 4 is 19.7 Å². The zero-order valence-corrected chi connectivity index (χ0v) is 56.6. The van der Waals surface area contributed by atoms with Crippen LogP contribution in [0.1, 0.15) is 258 Å². The van der Waals surface area contributed by atoms with Crippen LogP contribution < -0.4 is 10.2 Å². The molecule has 0 saturated carbocycles. The number of nitrogens with zero attached hydrogens (tertiary/aromatic N) is 1. The number of hydrogen-bond donors (Lipinski definition) is 1. The fraction of sp³-hybridized carbons (Fsp3) is 0.632. The summed E-state index contributed by atoms with van der Waals surface area (Å²) in [6.07, 6.45) is 93.6. The van der Waals surface area contributed by atoms with Gasteiger partial charge in [0, 0.05) is 12.8 Å². The van der Waals surface area contributed by atoms with Gasteiger partial charge in [0.05, 0.1) is 33.8 Å². The number of carbonyl (C=O) groups excluding carboxylic acids is 2. The van der Waals surface area contributed by atoms with Crippen molar-refractivity contribution in [3.05, 3.63) is 158 Å². The highest BCUT2D eigenvalue weighted by Gasteiger charge is 2.27. The van der Waals surface area contributed by atoms with Gasteiger partial charge in [0.25, 0.3) is 7.82 Å². The number of unbranched alkanes of at least 4 members (excludes halogenated alkanes) is 20. The predicted molar refractivity (Wildman–Crippen MR) is 371 cm³/mol. The molecule has 0 aromatic carbocycles. The van der Waals surface area contributed by atoms with E-state index in [1.54, 1.807) is 0 Å². The van der Waals surface area contributed by atoms with E-state index in [1.165, 1.54) is 77.0 Å². The number of phosphoric acid groups is 1. The van der Waals surface area contributed by atoms with Crippen molar-refractivity contribution in [1.29, 1.82) is 0 Å². The quantitative estimate of drug-likeness (QED) is 0.0212. The minimum absolute atomic E-state index is 0.0403. The summed E-state index contributed by atoms with van der Waals surface area (Å²) in [6, 6.07) is -0.925. The fourth-order valence-corrected chi connectivity index (χ4v) is 9.72. The van der Waals surface area contributed by atoms with Crippen LogP contribution >= 0.6 is 7.82 Å². The standard InChI is InChI=1S/C76H127N2O7P/c1-7-10-13-16-19-22-25-28-30-32-34-36-37-38-39-40-41-43-44-46-48-50-53-56-59-62-65-68-75(79)77-73(72-84-86(81,82)83-71-70-78(4,5)6)74(67-64-61-58-55-52-27-24-21-18-15-12-9-3)85-76(80)69-66-63-60-57-54-51-49-47-45-42-35-33-31-29-26-23-20-17-14-11-8-2/h10-11,13-14,19-20,22-23,28-31,34-36,38-39,41-43,47,49,54,57,64,67,73-74H,7-9,12,15-18,21,24-27,32-33,37,40,44-46,48,50-53,55-56,58-63,65-66,68-72H2,1-6H3,(H-,77,79,81,82)/b13-10-,14-11-,22-19-,23-20-,30-28-,31-29-,36-34-,39-38-,42-35-,43-41-,49-47-,57-54-,67-64-. The third-order valence-corrected chi connectivity index (χ3v) is 15.2. The third-order valence-electron chi connectivity index (χ3n) is 14.2. The van der Waals surface area contributed by atoms with Gasteiger partial charge >= 0.3 is 5.97 Å². The molecule has 0 saturated heterocycles. The van der Waals surface area contributed by atoms with Crippen LogP contribution in [0.3, 0.4) is 0 Å². The molecule has 488 valence electrons. The number of likely N-dealkylation sites (N-methyl/N-ethyl adjacent to an activating group) is 1. The van der Waals surface area contributed by atoms with Gasteiger partial charge in [0.15, 0.2) is 0 Å². The van der Waals surface area contributed by atoms with Crippen molar-refractivity contribution in [2.24, 2.45) is 0 Å². The molecule has 1 amide bonds. The van der Waals surface area contributed by atoms with Gasteiger partial charge in [-0.15, -0.1) is 0 Å². The molecular weight excluding hydrogens is 1080 g/mol. The minimum atomic E-state index is -4.73. The molecule has 0 aromatic rings. The highest BCUT2D eigenvalue weighted by molar-refractivity contribution is 7.45. The van der Waals surface area contributed by atoms with E-state index in [4.69, 9.17) is 13.8 Å². The summed E-state index contributed by atoms with van der Waals surface area (Å²) in [5.41, 5.74) is 0. The molecule has 3 unspecified atom stereocenters. The molecular formula is C76H127N2O7P. The van der Waals surface area contributed by atoms with Gasteiger partial charge in [0.1, 0.15) is 19.3 Å². The summed E-state index contributed by atoms with van der Waals surface area (Å²) < 4.78 is 30.4. The fourth-order valence-electron chi connectivity index (χ4n) is 9.00. The van der Waals surface area contributed by atoms with E-state index in [9.17, 15) is 19.0 Å². The Labute approximate surface area is 529 Å². The smallest absolute Gasteiger partial charge is 0.306 e. The number of carbonyl (C=O) groups is 2. The summed E-state index contributed by atoms with van der Waals surface area (Å²) in [5, 5.41) is 3.02. The first-order valence-corrected chi connectivity index (χ1v) is 35.8. The number of ether oxygens (including phenoxy) is 1. The van der Waals surface area contributed by atoms with Crippen molar-refractivity contribution in [2.45, 2.75) is 270 Å². The van der Waals surface area contributed by atoms with E-state index >= 15 is 0 Å². The van der Waals surface area contributed by atoms with E-state index in [0.717, 1.165) is 135 Å². The lowest BCUT2D eigenvalue weighted by molar-refractivity contribution is -0.870. The van der Waals surface area contributed by atoms with Gasteiger partial charge in [-0.2, -0.15) is 0 Å². The summed E-state index contributed by atoms with van der Waals surface area (Å²) in [7, 11) is 1.13. The topological polar surface area (TPSA) is 114 Å². The lowest BCUT2D eigenvalue weighted by Crippen LogP contribution is -2.47. The molecule has 0 radical (unpaired) electrons. The van der Waals surface area contributed by atoms with Gasteiger partial charge in [0.2, 0.25) is 5.91 Å². The van der Waals surface area contributed by atoms with Crippen LogP contribution in [0.15, 0.2) is 158 Å². The minimum Gasteiger partial charge on any atom is -0.756 e. The van der Waals surface area contributed by atoms with E-state index < -0.39 is 26.6 Å². The molecule has 9 nitrogen and oxygen atoms in total. The lowest BCUT2D eigenvalue weighted by Gasteiger charge is -2.30. The molecule has 86 heavy (non-hydrogen) atoms. The molecule has 0 aliphatic heterocycles. The maximum atomic E-state index is 13.6. The Morgan fingerprint density at radius 1 is 0.419 bits per heavy atom. The number of esters is 1. The Morgan fingerprint density at radius 2 is 0.744 bits per heavy atom. The number of hydrogen-bond acceptors (Lipinski definition) is 7. The zero-order chi connectivity index (χ0) is 62.8. The number of nitrogens with one attached hydrogen (secondary N) is 1. The number of quaternary nitrogens is 1. The Balaban J connectivity index is 5.22. The summed E-state index contributed by atoms with van der Waals surface area (Å²) in [4.78, 5) is 40.1. The second kappa shape index (κ2) is 63.6. The average molecular weight is 1210 g/mol. The van der Waals surface area contributed by atoms with Crippen molar-refractivity contribution in [1.82, 2.24) is 5.32 Å². The average Bonchev–Trinajstić information content (AvgIpc) is 3.67. The van der Waals surface area contributed by atoms with Crippen molar-refractivity contribution in [3.63, 3.8) is 0 Å². The van der Waals surface area contributed by atoms with Crippen LogP contribution in [0.2, 0.25) is 0 Å². The second-order valence-corrected chi connectivity index (χ2v) is 25.0. The SMILES string of the molecule is CC/C=C\C/C=C\C/C=C\C/C=C\C/C=C\C/C=C\CCCCCCCCCCC(=O)NC(COP(=O)([O-])OCC[N+](C)(C)C)C(/C=C\CCCCCCCCCCCC)OC(=O)CCCC/C=C\C/C=C\C/C=C\C/C=C\C/C=C\C/C=C\CC. The molecule has 0 spiro atoms. The highest BCUT2D eigenvalue weighted by Crippen LogP contribution is 2.38. The summed E-state index contributed by atoms with van der Waals surface area (Å²) in [6.45, 7) is 6.56. The van der Waals surface area contributed by atoms with E-state index in [0.29, 0.717) is 23.9 Å². The van der Waals surface area contributed by atoms with Crippen LogP contribution in [-0.2, 0) is 27.9 Å². The zero-order valence-electron chi connectivity index (χ0n) is 55.7. The van der Waals surface area contributed by atoms with Crippen molar-refractivity contribution < 1.29 is 37.3 Å². The van der Waals surface area contributed by atoms with Crippen LogP contribution in [0.5, 0.6) is 0 Å². The van der Waals surface area contributed by atoms with E-state index in [-0.39, 0.29) is 31.3 Å². The molecule has 0 aliphatic carbocycles. The Bertz CT molecular complexity index is 2030. The first-order valence-electron chi connectivity index (χ1n) is 34.3. The maximum absolute atomic E-state index is 13.6. The number of rotatable bonds is 60. The number of allylic oxidation sites excluding steroid dienone is 25. The van der Waals surface area contributed by atoms with Gasteiger partial charge in [-0.1, -0.05) is 269 Å². The first kappa shape index (κ1) is 81.6. The van der Waals surface area contributed by atoms with E-state index in [2.05, 4.69) is 172 Å². The van der Waals surface area contributed by atoms with Gasteiger partial charge in [-0.25, -0.2) is 0 Å². The molecule has 1 N–H and O–H groups in total. The molecule has 3 atom stereocenters. The largest absolute Gasteiger partial charge is 0.756 e. The maximum Gasteiger partial charge on any atom is 0.306 e. The predicted octanol–water partition coefficient (Wildman–Crippen LogP) is 21.3. The summed E-state index contributed by atoms with van der Waals surface area (Å²) >= 11 is 0. The van der Waals surface area contributed by atoms with Crippen LogP contribution in [0, 0.1) is 0 Å². The molecule has 10 heteroatoms. The van der Waals surface area contributed by atoms with Gasteiger partial charge < -0.3 is 28.5 Å². The Morgan fingerprint density at radius 3 is 1.13 bits per heavy atom. The molecule has 0 fully saturated rings. The monoisotopic (exact) mass is 1210 g/mol. The Hall–Kier alpha value is -4.37. The van der Waals surface area contributed by atoms with Crippen molar-refractivity contribution in [2.75, 3.05) is 40.9 Å². The molecule has 0 aromatic heterocycles. The van der Waals surface area contributed by atoms with Crippen LogP contribution in [-0.4, -0.2) is 69.4 Å². The molecule has 0 heterocycles. The van der Waals surface area contributed by atoms with Gasteiger partial charge in [-0.3, -0.25) is 14.2 Å². The van der Waals surface area contributed by atoms with Crippen molar-refractivity contribution in [3.8, 4) is 0 Å². The molecule has 0 aliphatic rings. The molecule has 0 rings (SSSR count). The van der Waals surface area contributed by atoms with Crippen LogP contribution in [0.25, 0.3) is 0 Å². The number of phosphoric ester groups is 1. The molecule has 0 bridgehead atoms. The van der Waals surface area contributed by atoms with E-state index in [1.807, 2.05) is 33.3 Å². The van der Waals surface area contributed by atoms with Crippen LogP contribution in [0.4, 0.5) is 0 Å². The Kier molecular flexibility index (Phi) is 60.4. The summed E-state index contributed by atoms with van der Waals surface area (Å²) in [5.74, 6) is -0.612. The second-order valence-electron chi connectivity index (χ2n) is 23.6. The third kappa shape index (κ3) is 64.1. The van der Waals surface area contributed by atoms with Gasteiger partial charge in [-0.05, 0) is 134 Å². The highest BCUT2D eigenvalue weighted by atomic mass is 31.2. The number of amides is 1. The lowest BCUT2D eigenvalue weighted by atomic mass is 10.0.